The summed E-state index contributed by atoms with van der Waals surface area (Å²) in [4.78, 5) is 18.1. The van der Waals surface area contributed by atoms with Crippen LogP contribution in [0.4, 0.5) is 10.5 Å². The van der Waals surface area contributed by atoms with Crippen LogP contribution in [-0.4, -0.2) is 46.6 Å². The molecule has 0 aliphatic carbocycles. The highest BCUT2D eigenvalue weighted by molar-refractivity contribution is 5.90. The van der Waals surface area contributed by atoms with Crippen LogP contribution in [-0.2, 0) is 30.2 Å². The number of anilines is 1. The van der Waals surface area contributed by atoms with Crippen molar-refractivity contribution < 1.29 is 9.90 Å². The van der Waals surface area contributed by atoms with Gasteiger partial charge in [0, 0.05) is 37.9 Å². The molecule has 42 heavy (non-hydrogen) atoms. The predicted molar refractivity (Wildman–Crippen MR) is 175 cm³/mol. The Kier molecular flexibility index (Phi) is 10.0. The van der Waals surface area contributed by atoms with E-state index in [9.17, 15) is 9.90 Å². The number of benzene rings is 3. The molecule has 0 radical (unpaired) electrons. The van der Waals surface area contributed by atoms with E-state index in [1.54, 1.807) is 0 Å². The summed E-state index contributed by atoms with van der Waals surface area (Å²) in [7, 11) is 0. The maximum absolute atomic E-state index is 13.6. The number of carbonyl (C=O) groups is 1. The lowest BCUT2D eigenvalue weighted by Gasteiger charge is -2.38. The SMILES string of the molecule is CCN(C(=O)Nc1ccccc1CCc1cc(C(C)(C)C)c(O)c(C(C)(C)C)c1)C1CCN(Cc2ccccc2)CC1. The van der Waals surface area contributed by atoms with Crippen molar-refractivity contribution >= 4 is 11.7 Å². The van der Waals surface area contributed by atoms with Gasteiger partial charge in [-0.05, 0) is 77.3 Å². The molecule has 5 nitrogen and oxygen atoms in total. The smallest absolute Gasteiger partial charge is 0.322 e. The molecule has 0 spiro atoms. The van der Waals surface area contributed by atoms with Gasteiger partial charge in [0.1, 0.15) is 5.75 Å². The highest BCUT2D eigenvalue weighted by atomic mass is 16.3. The van der Waals surface area contributed by atoms with Crippen molar-refractivity contribution in [3.63, 3.8) is 0 Å². The number of piperidine rings is 1. The van der Waals surface area contributed by atoms with Gasteiger partial charge in [-0.15, -0.1) is 0 Å². The van der Waals surface area contributed by atoms with E-state index in [2.05, 4.69) is 107 Å². The molecular weight excluding hydrogens is 518 g/mol. The first-order valence-electron chi connectivity index (χ1n) is 15.7. The molecule has 0 atom stereocenters. The molecule has 1 aliphatic heterocycles. The third kappa shape index (κ3) is 7.95. The van der Waals surface area contributed by atoms with Crippen molar-refractivity contribution in [1.82, 2.24) is 9.80 Å². The second-order valence-corrected chi connectivity index (χ2v) is 13.9. The van der Waals surface area contributed by atoms with Gasteiger partial charge in [-0.1, -0.05) is 102 Å². The zero-order chi connectivity index (χ0) is 30.5. The summed E-state index contributed by atoms with van der Waals surface area (Å²) in [6.07, 6.45) is 3.61. The number of phenols is 1. The van der Waals surface area contributed by atoms with Gasteiger partial charge in [-0.3, -0.25) is 4.90 Å². The van der Waals surface area contributed by atoms with Gasteiger partial charge in [0.15, 0.2) is 0 Å². The number of hydrogen-bond donors (Lipinski definition) is 2. The zero-order valence-corrected chi connectivity index (χ0v) is 26.8. The summed E-state index contributed by atoms with van der Waals surface area (Å²) in [5.74, 6) is 0.414. The first-order valence-corrected chi connectivity index (χ1v) is 15.7. The van der Waals surface area contributed by atoms with Gasteiger partial charge in [0.05, 0.1) is 0 Å². The van der Waals surface area contributed by atoms with Gasteiger partial charge in [-0.2, -0.15) is 0 Å². The molecule has 226 valence electrons. The molecule has 1 heterocycles. The summed E-state index contributed by atoms with van der Waals surface area (Å²) < 4.78 is 0. The van der Waals surface area contributed by atoms with Crippen molar-refractivity contribution in [3.8, 4) is 5.75 Å². The number of hydrogen-bond acceptors (Lipinski definition) is 3. The van der Waals surface area contributed by atoms with E-state index in [0.717, 1.165) is 67.7 Å². The van der Waals surface area contributed by atoms with Gasteiger partial charge in [-0.25, -0.2) is 4.79 Å². The second-order valence-electron chi connectivity index (χ2n) is 13.9. The molecule has 1 fully saturated rings. The van der Waals surface area contributed by atoms with E-state index >= 15 is 0 Å². The summed E-state index contributed by atoms with van der Waals surface area (Å²) in [5, 5.41) is 14.4. The van der Waals surface area contributed by atoms with Crippen LogP contribution in [0.3, 0.4) is 0 Å². The van der Waals surface area contributed by atoms with Crippen LogP contribution in [0.15, 0.2) is 66.7 Å². The Bertz CT molecular complexity index is 1290. The fourth-order valence-electron chi connectivity index (χ4n) is 6.11. The first-order chi connectivity index (χ1) is 19.9. The van der Waals surface area contributed by atoms with Gasteiger partial charge in [0.2, 0.25) is 0 Å². The lowest BCUT2D eigenvalue weighted by molar-refractivity contribution is 0.126. The number of amides is 2. The average molecular weight is 570 g/mol. The predicted octanol–water partition coefficient (Wildman–Crippen LogP) is 8.29. The van der Waals surface area contributed by atoms with Crippen LogP contribution >= 0.6 is 0 Å². The topological polar surface area (TPSA) is 55.8 Å². The number of carbonyl (C=O) groups excluding carboxylic acids is 1. The number of aryl methyl sites for hydroxylation is 2. The van der Waals surface area contributed by atoms with E-state index in [1.807, 2.05) is 23.1 Å². The van der Waals surface area contributed by atoms with Crippen molar-refractivity contribution in [2.75, 3.05) is 25.0 Å². The number of urea groups is 1. The summed E-state index contributed by atoms with van der Waals surface area (Å²) in [5.41, 5.74) is 6.21. The highest BCUT2D eigenvalue weighted by Gasteiger charge is 2.28. The molecule has 4 rings (SSSR count). The van der Waals surface area contributed by atoms with Crippen LogP contribution in [0.1, 0.15) is 89.1 Å². The molecule has 0 unspecified atom stereocenters. The minimum absolute atomic E-state index is 0.0128. The number of likely N-dealkylation sites (tertiary alicyclic amines) is 1. The Labute approximate surface area is 253 Å². The molecule has 2 amide bonds. The molecule has 1 aliphatic rings. The van der Waals surface area contributed by atoms with Crippen LogP contribution in [0.25, 0.3) is 0 Å². The van der Waals surface area contributed by atoms with E-state index in [1.165, 1.54) is 11.1 Å². The van der Waals surface area contributed by atoms with E-state index < -0.39 is 0 Å². The monoisotopic (exact) mass is 569 g/mol. The quantitative estimate of drug-likeness (QED) is 0.287. The minimum Gasteiger partial charge on any atom is -0.507 e. The number of rotatable bonds is 8. The lowest BCUT2D eigenvalue weighted by atomic mass is 9.78. The fourth-order valence-corrected chi connectivity index (χ4v) is 6.11. The van der Waals surface area contributed by atoms with Gasteiger partial charge in [0.25, 0.3) is 0 Å². The average Bonchev–Trinajstić information content (AvgIpc) is 2.94. The van der Waals surface area contributed by atoms with Crippen LogP contribution in [0, 0.1) is 0 Å². The molecule has 0 saturated carbocycles. The third-order valence-corrected chi connectivity index (χ3v) is 8.58. The highest BCUT2D eigenvalue weighted by Crippen LogP contribution is 2.40. The van der Waals surface area contributed by atoms with Crippen LogP contribution in [0.2, 0.25) is 0 Å². The Morgan fingerprint density at radius 1 is 0.857 bits per heavy atom. The van der Waals surface area contributed by atoms with Crippen molar-refractivity contribution in [1.29, 1.82) is 0 Å². The Morgan fingerprint density at radius 2 is 1.43 bits per heavy atom. The first kappa shape index (κ1) is 31.6. The van der Waals surface area contributed by atoms with E-state index in [0.29, 0.717) is 12.3 Å². The summed E-state index contributed by atoms with van der Waals surface area (Å²) >= 11 is 0. The van der Waals surface area contributed by atoms with Crippen LogP contribution in [0.5, 0.6) is 5.75 Å². The van der Waals surface area contributed by atoms with Crippen LogP contribution < -0.4 is 5.32 Å². The lowest BCUT2D eigenvalue weighted by Crippen LogP contribution is -2.48. The Balaban J connectivity index is 1.42. The zero-order valence-electron chi connectivity index (χ0n) is 26.8. The minimum atomic E-state index is -0.159. The Hall–Kier alpha value is -3.31. The molecular formula is C37H51N3O2. The third-order valence-electron chi connectivity index (χ3n) is 8.58. The molecule has 2 N–H and O–H groups in total. The second kappa shape index (κ2) is 13.3. The molecule has 3 aromatic carbocycles. The van der Waals surface area contributed by atoms with Crippen molar-refractivity contribution in [3.05, 3.63) is 94.5 Å². The molecule has 5 heteroatoms. The standard InChI is InChI=1S/C37H51N3O2/c1-8-40(30-20-22-39(23-21-30)26-27-14-10-9-11-15-27)35(42)38-33-17-13-12-16-29(33)19-18-28-24-31(36(2,3)4)34(41)32(25-28)37(5,6)7/h9-17,24-25,30,41H,8,18-23,26H2,1-7H3,(H,38,42). The van der Waals surface area contributed by atoms with Crippen molar-refractivity contribution in [2.45, 2.75) is 97.6 Å². The number of nitrogens with zero attached hydrogens (tertiary/aromatic N) is 2. The largest absolute Gasteiger partial charge is 0.507 e. The number of nitrogens with one attached hydrogen (secondary N) is 1. The number of para-hydroxylation sites is 1. The molecule has 0 aromatic heterocycles. The maximum atomic E-state index is 13.6. The summed E-state index contributed by atoms with van der Waals surface area (Å²) in [6.45, 7) is 18.6. The molecule has 1 saturated heterocycles. The van der Waals surface area contributed by atoms with Gasteiger partial charge < -0.3 is 15.3 Å². The number of aromatic hydroxyl groups is 1. The molecule has 3 aromatic rings. The van der Waals surface area contributed by atoms with E-state index in [-0.39, 0.29) is 22.9 Å². The summed E-state index contributed by atoms with van der Waals surface area (Å²) in [6, 6.07) is 23.4. The number of phenolic OH excluding ortho intramolecular Hbond substituents is 1. The Morgan fingerprint density at radius 3 is 2.00 bits per heavy atom. The normalized spacial score (nSPS) is 15.0. The van der Waals surface area contributed by atoms with E-state index in [4.69, 9.17) is 0 Å². The van der Waals surface area contributed by atoms with Crippen molar-refractivity contribution in [2.24, 2.45) is 0 Å². The molecule has 0 bridgehead atoms. The van der Waals surface area contributed by atoms with Gasteiger partial charge >= 0.3 is 6.03 Å². The fraction of sp³-hybridized carbons (Fsp3) is 0.486. The maximum Gasteiger partial charge on any atom is 0.322 e.